The number of piperidine rings is 1. The monoisotopic (exact) mass is 394 g/mol. The maximum atomic E-state index is 12.1. The van der Waals surface area contributed by atoms with Crippen molar-refractivity contribution >= 4 is 15.7 Å². The Kier molecular flexibility index (Phi) is 9.28. The Morgan fingerprint density at radius 3 is 2.52 bits per heavy atom. The van der Waals surface area contributed by atoms with Gasteiger partial charge in [-0.15, -0.1) is 0 Å². The SMILES string of the molecule is CC1CCN(CCCCNC(=O)CS(=O)(=O)CCCc2ccccc2)CC1. The van der Waals surface area contributed by atoms with Crippen molar-refractivity contribution in [3.63, 3.8) is 0 Å². The summed E-state index contributed by atoms with van der Waals surface area (Å²) in [7, 11) is -3.34. The zero-order valence-electron chi connectivity index (χ0n) is 16.5. The third-order valence-electron chi connectivity index (χ3n) is 5.21. The van der Waals surface area contributed by atoms with Crippen molar-refractivity contribution in [1.29, 1.82) is 0 Å². The van der Waals surface area contributed by atoms with Crippen molar-refractivity contribution in [3.8, 4) is 0 Å². The first-order valence-electron chi connectivity index (χ1n) is 10.2. The predicted molar refractivity (Wildman–Crippen MR) is 110 cm³/mol. The van der Waals surface area contributed by atoms with Gasteiger partial charge in [-0.2, -0.15) is 0 Å². The van der Waals surface area contributed by atoms with Gasteiger partial charge in [-0.05, 0) is 69.6 Å². The van der Waals surface area contributed by atoms with Crippen LogP contribution in [-0.4, -0.2) is 56.9 Å². The molecule has 1 heterocycles. The Morgan fingerprint density at radius 1 is 1.11 bits per heavy atom. The van der Waals surface area contributed by atoms with Crippen LogP contribution >= 0.6 is 0 Å². The number of aryl methyl sites for hydroxylation is 1. The minimum absolute atomic E-state index is 0.0582. The summed E-state index contributed by atoms with van der Waals surface area (Å²) in [4.78, 5) is 14.4. The first kappa shape index (κ1) is 21.9. The number of nitrogens with zero attached hydrogens (tertiary/aromatic N) is 1. The molecule has 1 aromatic carbocycles. The van der Waals surface area contributed by atoms with Gasteiger partial charge >= 0.3 is 0 Å². The number of carbonyl (C=O) groups excluding carboxylic acids is 1. The van der Waals surface area contributed by atoms with Crippen molar-refractivity contribution in [1.82, 2.24) is 10.2 Å². The molecule has 1 aliphatic rings. The molecule has 27 heavy (non-hydrogen) atoms. The number of carbonyl (C=O) groups is 1. The van der Waals surface area contributed by atoms with Crippen molar-refractivity contribution in [2.45, 2.75) is 45.4 Å². The number of unbranched alkanes of at least 4 members (excludes halogenated alkanes) is 1. The van der Waals surface area contributed by atoms with E-state index in [0.29, 0.717) is 13.0 Å². The fourth-order valence-electron chi connectivity index (χ4n) is 3.44. The van der Waals surface area contributed by atoms with Crippen LogP contribution < -0.4 is 5.32 Å². The van der Waals surface area contributed by atoms with Crippen LogP contribution in [0.2, 0.25) is 0 Å². The molecular formula is C21H34N2O3S. The highest BCUT2D eigenvalue weighted by atomic mass is 32.2. The molecule has 1 amide bonds. The molecular weight excluding hydrogens is 360 g/mol. The first-order chi connectivity index (χ1) is 12.9. The molecule has 1 fully saturated rings. The van der Waals surface area contributed by atoms with Gasteiger partial charge < -0.3 is 10.2 Å². The second-order valence-electron chi connectivity index (χ2n) is 7.76. The largest absolute Gasteiger partial charge is 0.355 e. The molecule has 0 atom stereocenters. The van der Waals surface area contributed by atoms with Crippen LogP contribution in [-0.2, 0) is 21.1 Å². The lowest BCUT2D eigenvalue weighted by atomic mass is 9.99. The Balaban J connectivity index is 1.53. The summed E-state index contributed by atoms with van der Waals surface area (Å²) in [6.07, 6.45) is 5.76. The number of hydrogen-bond donors (Lipinski definition) is 1. The molecule has 0 aromatic heterocycles. The van der Waals surface area contributed by atoms with Crippen molar-refractivity contribution < 1.29 is 13.2 Å². The van der Waals surface area contributed by atoms with Crippen LogP contribution in [0.4, 0.5) is 0 Å². The van der Waals surface area contributed by atoms with Gasteiger partial charge in [0.25, 0.3) is 0 Å². The van der Waals surface area contributed by atoms with Crippen molar-refractivity contribution in [2.24, 2.45) is 5.92 Å². The van der Waals surface area contributed by atoms with E-state index in [-0.39, 0.29) is 11.7 Å². The standard InChI is InChI=1S/C21H34N2O3S/c1-19-11-15-23(16-12-19)14-6-5-13-22-21(24)18-27(25,26)17-7-10-20-8-3-2-4-9-20/h2-4,8-9,19H,5-7,10-18H2,1H3,(H,22,24). The lowest BCUT2D eigenvalue weighted by molar-refractivity contribution is -0.118. The van der Waals surface area contributed by atoms with E-state index in [9.17, 15) is 13.2 Å². The van der Waals surface area contributed by atoms with E-state index in [0.717, 1.165) is 37.3 Å². The van der Waals surface area contributed by atoms with Crippen LogP contribution in [0.1, 0.15) is 44.6 Å². The average Bonchev–Trinajstić information content (AvgIpc) is 2.63. The number of hydrogen-bond acceptors (Lipinski definition) is 4. The van der Waals surface area contributed by atoms with Crippen LogP contribution in [0.5, 0.6) is 0 Å². The van der Waals surface area contributed by atoms with Gasteiger partial charge in [-0.25, -0.2) is 8.42 Å². The van der Waals surface area contributed by atoms with E-state index in [2.05, 4.69) is 17.1 Å². The minimum Gasteiger partial charge on any atom is -0.355 e. The zero-order valence-corrected chi connectivity index (χ0v) is 17.3. The summed E-state index contributed by atoms with van der Waals surface area (Å²) in [5.41, 5.74) is 1.13. The molecule has 0 spiro atoms. The van der Waals surface area contributed by atoms with Gasteiger partial charge in [0.2, 0.25) is 5.91 Å². The maximum Gasteiger partial charge on any atom is 0.235 e. The third kappa shape index (κ3) is 9.38. The van der Waals surface area contributed by atoms with Gasteiger partial charge in [0, 0.05) is 6.54 Å². The van der Waals surface area contributed by atoms with E-state index >= 15 is 0 Å². The highest BCUT2D eigenvalue weighted by Crippen LogP contribution is 2.16. The molecule has 1 N–H and O–H groups in total. The molecule has 2 rings (SSSR count). The summed E-state index contributed by atoms with van der Waals surface area (Å²) >= 11 is 0. The smallest absolute Gasteiger partial charge is 0.235 e. The van der Waals surface area contributed by atoms with Crippen LogP contribution in [0.25, 0.3) is 0 Å². The first-order valence-corrected chi connectivity index (χ1v) is 12.0. The number of amides is 1. The predicted octanol–water partition coefficient (Wildman–Crippen LogP) is 2.66. The number of sulfone groups is 1. The molecule has 1 aromatic rings. The average molecular weight is 395 g/mol. The summed E-state index contributed by atoms with van der Waals surface area (Å²) < 4.78 is 24.2. The van der Waals surface area contributed by atoms with Gasteiger partial charge in [0.05, 0.1) is 5.75 Å². The van der Waals surface area contributed by atoms with E-state index in [1.807, 2.05) is 30.3 Å². The molecule has 0 bridgehead atoms. The molecule has 0 radical (unpaired) electrons. The van der Waals surface area contributed by atoms with Gasteiger partial charge in [0.15, 0.2) is 9.84 Å². The third-order valence-corrected chi connectivity index (χ3v) is 6.83. The Labute approximate surface area is 164 Å². The second kappa shape index (κ2) is 11.4. The zero-order chi connectivity index (χ0) is 19.5. The van der Waals surface area contributed by atoms with Crippen molar-refractivity contribution in [3.05, 3.63) is 35.9 Å². The molecule has 0 unspecified atom stereocenters. The lowest BCUT2D eigenvalue weighted by Crippen LogP contribution is -2.34. The number of likely N-dealkylation sites (tertiary alicyclic amines) is 1. The molecule has 152 valence electrons. The number of rotatable bonds is 11. The molecule has 5 nitrogen and oxygen atoms in total. The van der Waals surface area contributed by atoms with E-state index < -0.39 is 15.6 Å². The Hall–Kier alpha value is -1.40. The summed E-state index contributed by atoms with van der Waals surface area (Å²) in [6, 6.07) is 9.82. The molecule has 0 aliphatic carbocycles. The molecule has 1 saturated heterocycles. The Morgan fingerprint density at radius 2 is 1.81 bits per heavy atom. The molecule has 1 aliphatic heterocycles. The van der Waals surface area contributed by atoms with Gasteiger partial charge in [0.1, 0.15) is 5.75 Å². The van der Waals surface area contributed by atoms with Gasteiger partial charge in [-0.1, -0.05) is 37.3 Å². The fourth-order valence-corrected chi connectivity index (χ4v) is 4.67. The summed E-state index contributed by atoms with van der Waals surface area (Å²) in [5.74, 6) is 0.130. The van der Waals surface area contributed by atoms with E-state index in [1.165, 1.54) is 25.9 Å². The van der Waals surface area contributed by atoms with Crippen LogP contribution in [0.15, 0.2) is 30.3 Å². The molecule has 6 heteroatoms. The fraction of sp³-hybridized carbons (Fsp3) is 0.667. The van der Waals surface area contributed by atoms with Crippen LogP contribution in [0.3, 0.4) is 0 Å². The topological polar surface area (TPSA) is 66.5 Å². The highest BCUT2D eigenvalue weighted by Gasteiger charge is 2.17. The second-order valence-corrected chi connectivity index (χ2v) is 9.95. The van der Waals surface area contributed by atoms with E-state index in [1.54, 1.807) is 0 Å². The minimum atomic E-state index is -3.34. The van der Waals surface area contributed by atoms with Crippen LogP contribution in [0, 0.1) is 5.92 Å². The quantitative estimate of drug-likeness (QED) is 0.586. The van der Waals surface area contributed by atoms with Gasteiger partial charge in [-0.3, -0.25) is 4.79 Å². The molecule has 0 saturated carbocycles. The maximum absolute atomic E-state index is 12.1. The number of benzene rings is 1. The highest BCUT2D eigenvalue weighted by molar-refractivity contribution is 7.92. The summed E-state index contributed by atoms with van der Waals surface area (Å²) in [6.45, 7) is 6.29. The van der Waals surface area contributed by atoms with E-state index in [4.69, 9.17) is 0 Å². The number of nitrogens with one attached hydrogen (secondary N) is 1. The lowest BCUT2D eigenvalue weighted by Gasteiger charge is -2.30. The normalized spacial score (nSPS) is 16.3. The summed E-state index contributed by atoms with van der Waals surface area (Å²) in [5, 5.41) is 2.76. The van der Waals surface area contributed by atoms with Crippen molar-refractivity contribution in [2.75, 3.05) is 37.7 Å². The Bertz CT molecular complexity index is 653.